The lowest BCUT2D eigenvalue weighted by Crippen LogP contribution is -2.39. The van der Waals surface area contributed by atoms with Crippen molar-refractivity contribution in [1.29, 1.82) is 0 Å². The highest BCUT2D eigenvalue weighted by Gasteiger charge is 2.40. The molecule has 0 bridgehead atoms. The van der Waals surface area contributed by atoms with Gasteiger partial charge in [-0.2, -0.15) is 0 Å². The molecule has 3 rings (SSSR count). The van der Waals surface area contributed by atoms with Gasteiger partial charge in [0.05, 0.1) is 4.88 Å². The van der Waals surface area contributed by atoms with Gasteiger partial charge >= 0.3 is 0 Å². The van der Waals surface area contributed by atoms with Crippen molar-refractivity contribution in [3.8, 4) is 0 Å². The summed E-state index contributed by atoms with van der Waals surface area (Å²) < 4.78 is 0. The molecular formula is C14H21ClN2OS. The van der Waals surface area contributed by atoms with E-state index < -0.39 is 0 Å². The van der Waals surface area contributed by atoms with Crippen molar-refractivity contribution in [2.24, 2.45) is 5.41 Å². The van der Waals surface area contributed by atoms with Gasteiger partial charge in [-0.1, -0.05) is 0 Å². The lowest BCUT2D eigenvalue weighted by Gasteiger charge is -2.33. The summed E-state index contributed by atoms with van der Waals surface area (Å²) in [5.41, 5.74) is 1.53. The highest BCUT2D eigenvalue weighted by molar-refractivity contribution is 7.12. The molecule has 2 saturated heterocycles. The van der Waals surface area contributed by atoms with Gasteiger partial charge in [0, 0.05) is 13.1 Å². The summed E-state index contributed by atoms with van der Waals surface area (Å²) in [5.74, 6) is 0.248. The van der Waals surface area contributed by atoms with Crippen LogP contribution in [0.3, 0.4) is 0 Å². The number of halogens is 1. The first-order valence-electron chi connectivity index (χ1n) is 6.74. The molecule has 0 aliphatic carbocycles. The molecule has 19 heavy (non-hydrogen) atoms. The second-order valence-corrected chi connectivity index (χ2v) is 6.58. The fraction of sp³-hybridized carbons (Fsp3) is 0.643. The van der Waals surface area contributed by atoms with Gasteiger partial charge in [0.1, 0.15) is 0 Å². The van der Waals surface area contributed by atoms with Crippen LogP contribution in [0.15, 0.2) is 11.4 Å². The van der Waals surface area contributed by atoms with Crippen molar-refractivity contribution in [2.75, 3.05) is 26.2 Å². The normalized spacial score (nSPS) is 21.4. The van der Waals surface area contributed by atoms with Crippen LogP contribution in [0.4, 0.5) is 0 Å². The third-order valence-electron chi connectivity index (χ3n) is 4.45. The van der Waals surface area contributed by atoms with Crippen molar-refractivity contribution in [3.63, 3.8) is 0 Å². The predicted octanol–water partition coefficient (Wildman–Crippen LogP) is 2.69. The van der Waals surface area contributed by atoms with Gasteiger partial charge in [-0.15, -0.1) is 23.7 Å². The second kappa shape index (κ2) is 5.81. The smallest absolute Gasteiger partial charge is 0.264 e. The predicted molar refractivity (Wildman–Crippen MR) is 81.4 cm³/mol. The lowest BCUT2D eigenvalue weighted by atomic mass is 9.78. The maximum absolute atomic E-state index is 12.5. The molecule has 3 nitrogen and oxygen atoms in total. The Labute approximate surface area is 124 Å². The summed E-state index contributed by atoms with van der Waals surface area (Å²) in [7, 11) is 0. The van der Waals surface area contributed by atoms with Crippen molar-refractivity contribution in [3.05, 3.63) is 21.9 Å². The van der Waals surface area contributed by atoms with Crippen LogP contribution in [0, 0.1) is 12.3 Å². The zero-order valence-corrected chi connectivity index (χ0v) is 12.9. The summed E-state index contributed by atoms with van der Waals surface area (Å²) in [6.45, 7) is 6.15. The maximum Gasteiger partial charge on any atom is 0.264 e. The first-order valence-corrected chi connectivity index (χ1v) is 7.62. The Hall–Kier alpha value is -0.580. The van der Waals surface area contributed by atoms with Gasteiger partial charge in [0.2, 0.25) is 0 Å². The van der Waals surface area contributed by atoms with Crippen LogP contribution in [-0.4, -0.2) is 37.0 Å². The molecule has 0 saturated carbocycles. The molecule has 5 heteroatoms. The third-order valence-corrected chi connectivity index (χ3v) is 5.45. The first kappa shape index (κ1) is 14.8. The highest BCUT2D eigenvalue weighted by Crippen LogP contribution is 2.39. The van der Waals surface area contributed by atoms with Crippen molar-refractivity contribution >= 4 is 29.7 Å². The molecule has 1 aromatic rings. The topological polar surface area (TPSA) is 32.3 Å². The molecule has 2 aliphatic rings. The Balaban J connectivity index is 0.00000133. The molecule has 106 valence electrons. The minimum absolute atomic E-state index is 0. The van der Waals surface area contributed by atoms with Crippen molar-refractivity contribution in [1.82, 2.24) is 10.2 Å². The van der Waals surface area contributed by atoms with Gasteiger partial charge in [-0.25, -0.2) is 0 Å². The fourth-order valence-electron chi connectivity index (χ4n) is 3.21. The molecule has 1 spiro atoms. The monoisotopic (exact) mass is 300 g/mol. The number of carbonyl (C=O) groups excluding carboxylic acids is 1. The quantitative estimate of drug-likeness (QED) is 0.865. The van der Waals surface area contributed by atoms with E-state index >= 15 is 0 Å². The van der Waals surface area contributed by atoms with E-state index in [1.54, 1.807) is 11.3 Å². The minimum atomic E-state index is 0. The molecule has 0 unspecified atom stereocenters. The number of rotatable bonds is 1. The zero-order valence-electron chi connectivity index (χ0n) is 11.3. The number of thiophene rings is 1. The number of aryl methyl sites for hydroxylation is 1. The van der Waals surface area contributed by atoms with Crippen LogP contribution in [0.1, 0.15) is 34.5 Å². The maximum atomic E-state index is 12.5. The molecule has 1 aromatic heterocycles. The fourth-order valence-corrected chi connectivity index (χ4v) is 4.10. The lowest BCUT2D eigenvalue weighted by molar-refractivity contribution is 0.0766. The van der Waals surface area contributed by atoms with Crippen LogP contribution < -0.4 is 5.32 Å². The third kappa shape index (κ3) is 2.81. The molecule has 0 atom stereocenters. The van der Waals surface area contributed by atoms with E-state index in [1.165, 1.54) is 19.3 Å². The first-order chi connectivity index (χ1) is 8.70. The SMILES string of the molecule is Cc1ccsc1C(=O)N1CCC2(CCNCC2)C1.Cl. The van der Waals surface area contributed by atoms with Crippen LogP contribution >= 0.6 is 23.7 Å². The Morgan fingerprint density at radius 2 is 2.11 bits per heavy atom. The van der Waals surface area contributed by atoms with Crippen LogP contribution in [-0.2, 0) is 0 Å². The number of hydrogen-bond acceptors (Lipinski definition) is 3. The summed E-state index contributed by atoms with van der Waals surface area (Å²) in [6.07, 6.45) is 3.63. The average molecular weight is 301 g/mol. The summed E-state index contributed by atoms with van der Waals surface area (Å²) >= 11 is 1.58. The molecule has 2 aliphatic heterocycles. The number of nitrogens with zero attached hydrogens (tertiary/aromatic N) is 1. The number of piperidine rings is 1. The molecule has 3 heterocycles. The van der Waals surface area contributed by atoms with E-state index in [4.69, 9.17) is 0 Å². The molecule has 1 N–H and O–H groups in total. The van der Waals surface area contributed by atoms with Crippen molar-refractivity contribution < 1.29 is 4.79 Å². The Morgan fingerprint density at radius 1 is 1.37 bits per heavy atom. The highest BCUT2D eigenvalue weighted by atomic mass is 35.5. The standard InChI is InChI=1S/C14H20N2OS.ClH/c1-11-2-9-18-12(11)13(17)16-8-5-14(10-16)3-6-15-7-4-14;/h2,9,15H,3-8,10H2,1H3;1H. The van der Waals surface area contributed by atoms with E-state index in [-0.39, 0.29) is 18.3 Å². The summed E-state index contributed by atoms with van der Waals surface area (Å²) in [5, 5.41) is 5.43. The van der Waals surface area contributed by atoms with Gasteiger partial charge < -0.3 is 10.2 Å². The molecular weight excluding hydrogens is 280 g/mol. The number of amides is 1. The Bertz CT molecular complexity index is 454. The summed E-state index contributed by atoms with van der Waals surface area (Å²) in [6, 6.07) is 2.04. The van der Waals surface area contributed by atoms with Crippen LogP contribution in [0.25, 0.3) is 0 Å². The Kier molecular flexibility index (Phi) is 4.54. The Morgan fingerprint density at radius 3 is 2.74 bits per heavy atom. The molecule has 0 aromatic carbocycles. The van der Waals surface area contributed by atoms with E-state index in [9.17, 15) is 4.79 Å². The largest absolute Gasteiger partial charge is 0.337 e. The van der Waals surface area contributed by atoms with E-state index in [2.05, 4.69) is 10.2 Å². The van der Waals surface area contributed by atoms with Gasteiger partial charge in [0.25, 0.3) is 5.91 Å². The van der Waals surface area contributed by atoms with Crippen LogP contribution in [0.2, 0.25) is 0 Å². The van der Waals surface area contributed by atoms with E-state index in [0.29, 0.717) is 5.41 Å². The molecule has 0 radical (unpaired) electrons. The number of likely N-dealkylation sites (tertiary alicyclic amines) is 1. The number of nitrogens with one attached hydrogen (secondary N) is 1. The molecule has 1 amide bonds. The van der Waals surface area contributed by atoms with Crippen LogP contribution in [0.5, 0.6) is 0 Å². The number of hydrogen-bond donors (Lipinski definition) is 1. The van der Waals surface area contributed by atoms with Gasteiger partial charge in [0.15, 0.2) is 0 Å². The van der Waals surface area contributed by atoms with E-state index in [1.807, 2.05) is 18.4 Å². The average Bonchev–Trinajstić information content (AvgIpc) is 2.97. The van der Waals surface area contributed by atoms with Crippen molar-refractivity contribution in [2.45, 2.75) is 26.2 Å². The second-order valence-electron chi connectivity index (χ2n) is 5.66. The number of carbonyl (C=O) groups is 1. The summed E-state index contributed by atoms with van der Waals surface area (Å²) in [4.78, 5) is 15.5. The van der Waals surface area contributed by atoms with E-state index in [0.717, 1.165) is 36.6 Å². The zero-order chi connectivity index (χ0) is 12.6. The molecule has 2 fully saturated rings. The van der Waals surface area contributed by atoms with Gasteiger partial charge in [-0.05, 0) is 61.7 Å². The van der Waals surface area contributed by atoms with Gasteiger partial charge in [-0.3, -0.25) is 4.79 Å². The minimum Gasteiger partial charge on any atom is -0.337 e.